The van der Waals surface area contributed by atoms with E-state index in [4.69, 9.17) is 4.74 Å². The predicted molar refractivity (Wildman–Crippen MR) is 89.7 cm³/mol. The highest BCUT2D eigenvalue weighted by atomic mass is 32.2. The average Bonchev–Trinajstić information content (AvgIpc) is 3.08. The molecular weight excluding hydrogens is 363 g/mol. The number of rotatable bonds is 7. The highest BCUT2D eigenvalue weighted by Gasteiger charge is 2.14. The van der Waals surface area contributed by atoms with E-state index in [1.807, 2.05) is 0 Å². The van der Waals surface area contributed by atoms with Gasteiger partial charge in [0, 0.05) is 22.6 Å². The lowest BCUT2D eigenvalue weighted by Crippen LogP contribution is -1.99. The lowest BCUT2D eigenvalue weighted by Gasteiger charge is -2.04. The Labute approximate surface area is 150 Å². The van der Waals surface area contributed by atoms with E-state index >= 15 is 0 Å². The van der Waals surface area contributed by atoms with Crippen molar-refractivity contribution in [3.8, 4) is 5.75 Å². The van der Waals surface area contributed by atoms with Crippen LogP contribution in [0.3, 0.4) is 0 Å². The minimum atomic E-state index is -0.577. The van der Waals surface area contributed by atoms with Gasteiger partial charge in [0.25, 0.3) is 5.69 Å². The molecule has 2 aromatic carbocycles. The largest absolute Gasteiger partial charge is 0.483 e. The van der Waals surface area contributed by atoms with Gasteiger partial charge in [-0.25, -0.2) is 9.37 Å². The first-order chi connectivity index (χ1) is 12.6. The Morgan fingerprint density at radius 2 is 2.12 bits per heavy atom. The van der Waals surface area contributed by atoms with E-state index in [1.165, 1.54) is 30.3 Å². The first-order valence-electron chi connectivity index (χ1n) is 7.27. The number of nitro groups is 1. The van der Waals surface area contributed by atoms with Crippen LogP contribution in [0.1, 0.15) is 16.2 Å². The number of hydrogen-bond donors (Lipinski definition) is 1. The molecule has 1 heterocycles. The van der Waals surface area contributed by atoms with E-state index in [9.17, 15) is 19.3 Å². The minimum Gasteiger partial charge on any atom is -0.483 e. The Kier molecular flexibility index (Phi) is 5.23. The average molecular weight is 374 g/mol. The van der Waals surface area contributed by atoms with Crippen molar-refractivity contribution < 1.29 is 18.8 Å². The fourth-order valence-corrected chi connectivity index (χ4v) is 2.83. The molecule has 132 valence electrons. The van der Waals surface area contributed by atoms with Crippen LogP contribution in [-0.4, -0.2) is 26.4 Å². The van der Waals surface area contributed by atoms with E-state index in [1.54, 1.807) is 12.1 Å². The van der Waals surface area contributed by atoms with Crippen LogP contribution in [0.5, 0.6) is 5.75 Å². The van der Waals surface area contributed by atoms with Crippen LogP contribution >= 0.6 is 11.8 Å². The first-order valence-corrected chi connectivity index (χ1v) is 8.08. The Morgan fingerprint density at radius 1 is 1.31 bits per heavy atom. The van der Waals surface area contributed by atoms with Crippen molar-refractivity contribution in [1.29, 1.82) is 0 Å². The number of nitrogens with one attached hydrogen (secondary N) is 1. The van der Waals surface area contributed by atoms with E-state index < -0.39 is 10.7 Å². The standard InChI is InChI=1S/C16H11FN4O4S/c17-12-3-1-2-4-13(12)25-9-15-18-16(20-19-15)26-14-6-5-11(21(23)24)7-10(14)8-22/h1-8H,9H2,(H,18,19,20). The normalized spacial score (nSPS) is 10.5. The van der Waals surface area contributed by atoms with Gasteiger partial charge in [0.05, 0.1) is 4.92 Å². The summed E-state index contributed by atoms with van der Waals surface area (Å²) in [6.07, 6.45) is 0.532. The van der Waals surface area contributed by atoms with Crippen molar-refractivity contribution in [2.45, 2.75) is 16.7 Å². The number of nitrogens with zero attached hydrogens (tertiary/aromatic N) is 3. The maximum Gasteiger partial charge on any atom is 0.270 e. The summed E-state index contributed by atoms with van der Waals surface area (Å²) < 4.78 is 18.8. The molecule has 0 aliphatic rings. The Bertz CT molecular complexity index is 963. The highest BCUT2D eigenvalue weighted by Crippen LogP contribution is 2.29. The van der Waals surface area contributed by atoms with E-state index in [-0.39, 0.29) is 23.6 Å². The second kappa shape index (κ2) is 7.74. The van der Waals surface area contributed by atoms with E-state index in [2.05, 4.69) is 15.2 Å². The van der Waals surface area contributed by atoms with Crippen molar-refractivity contribution >= 4 is 23.7 Å². The lowest BCUT2D eigenvalue weighted by molar-refractivity contribution is -0.384. The zero-order valence-corrected chi connectivity index (χ0v) is 13.9. The molecule has 0 aliphatic heterocycles. The van der Waals surface area contributed by atoms with Gasteiger partial charge in [0.15, 0.2) is 23.7 Å². The molecule has 8 nitrogen and oxygen atoms in total. The van der Waals surface area contributed by atoms with Gasteiger partial charge in [0.1, 0.15) is 6.61 Å². The maximum atomic E-state index is 13.5. The molecule has 0 saturated carbocycles. The van der Waals surface area contributed by atoms with Gasteiger partial charge in [0.2, 0.25) is 5.16 Å². The number of carbonyl (C=O) groups is 1. The molecule has 0 fully saturated rings. The van der Waals surface area contributed by atoms with Crippen molar-refractivity contribution in [3.63, 3.8) is 0 Å². The van der Waals surface area contributed by atoms with E-state index in [0.29, 0.717) is 22.2 Å². The van der Waals surface area contributed by atoms with Crippen LogP contribution in [0.15, 0.2) is 52.5 Å². The Morgan fingerprint density at radius 3 is 2.85 bits per heavy atom. The minimum absolute atomic E-state index is 0.0186. The molecule has 1 aromatic heterocycles. The van der Waals surface area contributed by atoms with Crippen LogP contribution in [0.4, 0.5) is 10.1 Å². The van der Waals surface area contributed by atoms with Gasteiger partial charge in [-0.1, -0.05) is 12.1 Å². The number of halogens is 1. The molecule has 0 saturated heterocycles. The van der Waals surface area contributed by atoms with Crippen LogP contribution in [-0.2, 0) is 6.61 Å². The summed E-state index contributed by atoms with van der Waals surface area (Å²) in [4.78, 5) is 26.0. The van der Waals surface area contributed by atoms with Gasteiger partial charge in [-0.3, -0.25) is 20.0 Å². The number of aromatic nitrogens is 3. The van der Waals surface area contributed by atoms with Crippen LogP contribution in [0.25, 0.3) is 0 Å². The lowest BCUT2D eigenvalue weighted by atomic mass is 10.2. The molecule has 10 heteroatoms. The molecule has 0 aliphatic carbocycles. The molecule has 3 rings (SSSR count). The van der Waals surface area contributed by atoms with Crippen molar-refractivity contribution in [3.05, 3.63) is 69.8 Å². The number of para-hydroxylation sites is 1. The molecule has 1 N–H and O–H groups in total. The van der Waals surface area contributed by atoms with Gasteiger partial charge in [-0.2, -0.15) is 0 Å². The fourth-order valence-electron chi connectivity index (χ4n) is 2.03. The van der Waals surface area contributed by atoms with Crippen LogP contribution in [0, 0.1) is 15.9 Å². The molecular formula is C16H11FN4O4S. The first kappa shape index (κ1) is 17.5. The summed E-state index contributed by atoms with van der Waals surface area (Å²) in [6, 6.07) is 9.92. The van der Waals surface area contributed by atoms with Crippen LogP contribution in [0.2, 0.25) is 0 Å². The third-order valence-corrected chi connectivity index (χ3v) is 4.20. The third-order valence-electron chi connectivity index (χ3n) is 3.24. The summed E-state index contributed by atoms with van der Waals surface area (Å²) in [5.41, 5.74) is -0.0106. The monoisotopic (exact) mass is 374 g/mol. The molecule has 3 aromatic rings. The number of aromatic amines is 1. The summed E-state index contributed by atoms with van der Waals surface area (Å²) in [7, 11) is 0. The predicted octanol–water partition coefficient (Wildman–Crippen LogP) is 3.39. The number of H-pyrrole nitrogens is 1. The van der Waals surface area contributed by atoms with Gasteiger partial charge in [-0.15, -0.1) is 5.10 Å². The van der Waals surface area contributed by atoms with E-state index in [0.717, 1.165) is 11.8 Å². The number of ether oxygens (including phenoxy) is 1. The summed E-state index contributed by atoms with van der Waals surface area (Å²) in [5.74, 6) is -0.0230. The topological polar surface area (TPSA) is 111 Å². The van der Waals surface area contributed by atoms with Gasteiger partial charge < -0.3 is 4.74 Å². The number of nitro benzene ring substituents is 1. The summed E-state index contributed by atoms with van der Waals surface area (Å²) in [5, 5.41) is 17.7. The number of benzene rings is 2. The Balaban J connectivity index is 1.70. The van der Waals surface area contributed by atoms with Crippen molar-refractivity contribution in [2.24, 2.45) is 0 Å². The smallest absolute Gasteiger partial charge is 0.270 e. The zero-order valence-electron chi connectivity index (χ0n) is 13.1. The molecule has 0 atom stereocenters. The molecule has 0 radical (unpaired) electrons. The number of hydrogen-bond acceptors (Lipinski definition) is 7. The number of non-ortho nitro benzene ring substituents is 1. The zero-order chi connectivity index (χ0) is 18.5. The summed E-state index contributed by atoms with van der Waals surface area (Å²) >= 11 is 1.07. The van der Waals surface area contributed by atoms with Crippen molar-refractivity contribution in [1.82, 2.24) is 15.2 Å². The molecule has 0 bridgehead atoms. The second-order valence-corrected chi connectivity index (χ2v) is 5.99. The molecule has 0 unspecified atom stereocenters. The Hall–Kier alpha value is -3.27. The summed E-state index contributed by atoms with van der Waals surface area (Å²) in [6.45, 7) is -0.0186. The third kappa shape index (κ3) is 4.03. The quantitative estimate of drug-likeness (QED) is 0.383. The second-order valence-electron chi connectivity index (χ2n) is 4.98. The number of carbonyl (C=O) groups excluding carboxylic acids is 1. The number of aldehydes is 1. The van der Waals surface area contributed by atoms with Gasteiger partial charge in [-0.05, 0) is 30.0 Å². The fraction of sp³-hybridized carbons (Fsp3) is 0.0625. The van der Waals surface area contributed by atoms with Gasteiger partial charge >= 0.3 is 0 Å². The molecule has 0 spiro atoms. The maximum absolute atomic E-state index is 13.5. The van der Waals surface area contributed by atoms with Crippen LogP contribution < -0.4 is 4.74 Å². The van der Waals surface area contributed by atoms with Crippen molar-refractivity contribution in [2.75, 3.05) is 0 Å². The highest BCUT2D eigenvalue weighted by molar-refractivity contribution is 7.99. The molecule has 0 amide bonds. The molecule has 26 heavy (non-hydrogen) atoms. The SMILES string of the molecule is O=Cc1cc([N+](=O)[O-])ccc1Sc1n[nH]c(COc2ccccc2F)n1.